The first kappa shape index (κ1) is 15.1. The van der Waals surface area contributed by atoms with E-state index in [4.69, 9.17) is 0 Å². The van der Waals surface area contributed by atoms with Gasteiger partial charge in [-0.15, -0.1) is 0 Å². The summed E-state index contributed by atoms with van der Waals surface area (Å²) in [4.78, 5) is 9.03. The van der Waals surface area contributed by atoms with Crippen molar-refractivity contribution in [3.63, 3.8) is 0 Å². The smallest absolute Gasteiger partial charge is 0.176 e. The van der Waals surface area contributed by atoms with E-state index in [1.807, 2.05) is 37.6 Å². The molecule has 3 rings (SSSR count). The molecule has 1 aromatic carbocycles. The third kappa shape index (κ3) is 2.75. The third-order valence-electron chi connectivity index (χ3n) is 3.44. The topological polar surface area (TPSA) is 43.1 Å². The van der Waals surface area contributed by atoms with Gasteiger partial charge < -0.3 is 0 Å². The van der Waals surface area contributed by atoms with Crippen molar-refractivity contribution in [2.24, 2.45) is 4.99 Å². The predicted octanol–water partition coefficient (Wildman–Crippen LogP) is 4.30. The van der Waals surface area contributed by atoms with E-state index >= 15 is 0 Å². The van der Waals surface area contributed by atoms with Gasteiger partial charge in [0.15, 0.2) is 5.82 Å². The Kier molecular flexibility index (Phi) is 3.95. The van der Waals surface area contributed by atoms with E-state index in [-0.39, 0.29) is 11.9 Å². The summed E-state index contributed by atoms with van der Waals surface area (Å²) < 4.78 is 16.6. The molecule has 0 fully saturated rings. The zero-order valence-electron chi connectivity index (χ0n) is 12.6. The molecule has 0 bridgehead atoms. The monoisotopic (exact) mass is 362 g/mol. The van der Waals surface area contributed by atoms with Gasteiger partial charge in [0, 0.05) is 22.5 Å². The van der Waals surface area contributed by atoms with Crippen LogP contribution in [0.15, 0.2) is 33.7 Å². The molecule has 22 heavy (non-hydrogen) atoms. The van der Waals surface area contributed by atoms with Gasteiger partial charge in [0.05, 0.1) is 5.71 Å². The van der Waals surface area contributed by atoms with Gasteiger partial charge in [-0.3, -0.25) is 0 Å². The molecule has 0 atom stereocenters. The molecule has 0 spiro atoms. The second-order valence-corrected chi connectivity index (χ2v) is 6.41. The predicted molar refractivity (Wildman–Crippen MR) is 88.4 cm³/mol. The molecule has 1 aliphatic heterocycles. The SMILES string of the molecule is Cc1nc(C2=CCC(c3ccc(Br)cc3F)=N2)n(C(C)C)n1. The first-order valence-electron chi connectivity index (χ1n) is 7.12. The van der Waals surface area contributed by atoms with Crippen LogP contribution in [0.1, 0.15) is 43.5 Å². The third-order valence-corrected chi connectivity index (χ3v) is 3.93. The summed E-state index contributed by atoms with van der Waals surface area (Å²) in [6.07, 6.45) is 2.57. The Balaban J connectivity index is 1.97. The van der Waals surface area contributed by atoms with Gasteiger partial charge >= 0.3 is 0 Å². The van der Waals surface area contributed by atoms with Crippen LogP contribution in [-0.4, -0.2) is 20.5 Å². The number of aromatic nitrogens is 3. The summed E-state index contributed by atoms with van der Waals surface area (Å²) in [6.45, 7) is 5.95. The summed E-state index contributed by atoms with van der Waals surface area (Å²) in [6, 6.07) is 5.21. The molecule has 1 aromatic heterocycles. The lowest BCUT2D eigenvalue weighted by atomic mass is 10.1. The van der Waals surface area contributed by atoms with Crippen molar-refractivity contribution in [1.29, 1.82) is 0 Å². The minimum absolute atomic E-state index is 0.195. The molecule has 114 valence electrons. The Bertz CT molecular complexity index is 789. The van der Waals surface area contributed by atoms with Crippen LogP contribution in [0, 0.1) is 12.7 Å². The van der Waals surface area contributed by atoms with E-state index in [0.29, 0.717) is 17.8 Å². The first-order valence-corrected chi connectivity index (χ1v) is 7.91. The van der Waals surface area contributed by atoms with Crippen molar-refractivity contribution in [3.05, 3.63) is 51.8 Å². The van der Waals surface area contributed by atoms with E-state index in [1.54, 1.807) is 6.07 Å². The Hall–Kier alpha value is -1.82. The van der Waals surface area contributed by atoms with Crippen molar-refractivity contribution < 1.29 is 4.39 Å². The lowest BCUT2D eigenvalue weighted by molar-refractivity contribution is 0.522. The highest BCUT2D eigenvalue weighted by Crippen LogP contribution is 2.27. The Morgan fingerprint density at radius 3 is 2.77 bits per heavy atom. The van der Waals surface area contributed by atoms with Crippen LogP contribution in [0.3, 0.4) is 0 Å². The van der Waals surface area contributed by atoms with E-state index in [1.165, 1.54) is 6.07 Å². The second kappa shape index (κ2) is 5.76. The molecule has 6 heteroatoms. The quantitative estimate of drug-likeness (QED) is 0.816. The Morgan fingerprint density at radius 2 is 2.09 bits per heavy atom. The molecule has 0 radical (unpaired) electrons. The highest BCUT2D eigenvalue weighted by molar-refractivity contribution is 9.10. The Morgan fingerprint density at radius 1 is 1.32 bits per heavy atom. The fourth-order valence-electron chi connectivity index (χ4n) is 2.43. The maximum absolute atomic E-state index is 14.1. The van der Waals surface area contributed by atoms with Gasteiger partial charge in [0.1, 0.15) is 17.3 Å². The van der Waals surface area contributed by atoms with Crippen LogP contribution >= 0.6 is 15.9 Å². The molecular formula is C16H16BrFN4. The van der Waals surface area contributed by atoms with E-state index in [0.717, 1.165) is 21.7 Å². The highest BCUT2D eigenvalue weighted by atomic mass is 79.9. The summed E-state index contributed by atoms with van der Waals surface area (Å²) in [5.41, 5.74) is 2.00. The Labute approximate surface area is 136 Å². The summed E-state index contributed by atoms with van der Waals surface area (Å²) in [5, 5.41) is 4.40. The number of hydrogen-bond acceptors (Lipinski definition) is 3. The van der Waals surface area contributed by atoms with Gasteiger partial charge in [0.2, 0.25) is 0 Å². The average Bonchev–Trinajstić information content (AvgIpc) is 3.05. The minimum Gasteiger partial charge on any atom is -0.249 e. The molecule has 2 aromatic rings. The number of rotatable bonds is 3. The standard InChI is InChI=1S/C16H16BrFN4/c1-9(2)22-16(19-10(3)21-22)15-7-6-14(20-15)12-5-4-11(17)8-13(12)18/h4-5,7-9H,6H2,1-3H3. The van der Waals surface area contributed by atoms with Gasteiger partial charge in [-0.05, 0) is 45.0 Å². The lowest BCUT2D eigenvalue weighted by Crippen LogP contribution is -2.07. The van der Waals surface area contributed by atoms with Gasteiger partial charge in [-0.1, -0.05) is 15.9 Å². The molecule has 0 saturated carbocycles. The molecular weight excluding hydrogens is 347 g/mol. The van der Waals surface area contributed by atoms with Crippen molar-refractivity contribution in [2.45, 2.75) is 33.2 Å². The van der Waals surface area contributed by atoms with Gasteiger partial charge in [-0.2, -0.15) is 5.10 Å². The zero-order chi connectivity index (χ0) is 15.9. The number of halogens is 2. The van der Waals surface area contributed by atoms with Crippen LogP contribution < -0.4 is 0 Å². The minimum atomic E-state index is -0.274. The molecule has 2 heterocycles. The molecule has 0 saturated heterocycles. The zero-order valence-corrected chi connectivity index (χ0v) is 14.2. The summed E-state index contributed by atoms with van der Waals surface area (Å²) in [7, 11) is 0. The van der Waals surface area contributed by atoms with Crippen LogP contribution in [-0.2, 0) is 0 Å². The van der Waals surface area contributed by atoms with Gasteiger partial charge in [0.25, 0.3) is 0 Å². The second-order valence-electron chi connectivity index (χ2n) is 5.50. The number of allylic oxidation sites excluding steroid dienone is 1. The van der Waals surface area contributed by atoms with Crippen LogP contribution in [0.5, 0.6) is 0 Å². The number of nitrogens with zero attached hydrogens (tertiary/aromatic N) is 4. The molecule has 0 amide bonds. The first-order chi connectivity index (χ1) is 10.5. The van der Waals surface area contributed by atoms with Crippen LogP contribution in [0.25, 0.3) is 5.70 Å². The van der Waals surface area contributed by atoms with Crippen molar-refractivity contribution in [2.75, 3.05) is 0 Å². The van der Waals surface area contributed by atoms with Crippen molar-refractivity contribution in [1.82, 2.24) is 14.8 Å². The summed E-state index contributed by atoms with van der Waals surface area (Å²) in [5.74, 6) is 1.17. The normalized spacial score (nSPS) is 14.5. The fourth-order valence-corrected chi connectivity index (χ4v) is 2.76. The van der Waals surface area contributed by atoms with Crippen molar-refractivity contribution in [3.8, 4) is 0 Å². The molecule has 0 aliphatic carbocycles. The maximum atomic E-state index is 14.1. The molecule has 0 unspecified atom stereocenters. The van der Waals surface area contributed by atoms with Crippen molar-refractivity contribution >= 4 is 27.3 Å². The molecule has 4 nitrogen and oxygen atoms in total. The fraction of sp³-hybridized carbons (Fsp3) is 0.312. The maximum Gasteiger partial charge on any atom is 0.176 e. The van der Waals surface area contributed by atoms with E-state index in [9.17, 15) is 4.39 Å². The lowest BCUT2D eigenvalue weighted by Gasteiger charge is -2.08. The number of aliphatic imine (C=N–C) groups is 1. The van der Waals surface area contributed by atoms with Crippen LogP contribution in [0.4, 0.5) is 4.39 Å². The average molecular weight is 363 g/mol. The number of benzene rings is 1. The van der Waals surface area contributed by atoms with Crippen LogP contribution in [0.2, 0.25) is 0 Å². The number of aryl methyl sites for hydroxylation is 1. The summed E-state index contributed by atoms with van der Waals surface area (Å²) >= 11 is 3.27. The van der Waals surface area contributed by atoms with E-state index < -0.39 is 0 Å². The van der Waals surface area contributed by atoms with Gasteiger partial charge in [-0.25, -0.2) is 19.0 Å². The highest BCUT2D eigenvalue weighted by Gasteiger charge is 2.20. The number of hydrogen-bond donors (Lipinski definition) is 0. The largest absolute Gasteiger partial charge is 0.249 e. The molecule has 1 aliphatic rings. The molecule has 0 N–H and O–H groups in total. The van der Waals surface area contributed by atoms with E-state index in [2.05, 4.69) is 31.0 Å².